The Morgan fingerprint density at radius 3 is 2.44 bits per heavy atom. The molecule has 92 valence electrons. The van der Waals surface area contributed by atoms with Crippen LogP contribution in [0.2, 0.25) is 5.02 Å². The van der Waals surface area contributed by atoms with E-state index in [1.807, 2.05) is 6.07 Å². The molecule has 3 nitrogen and oxygen atoms in total. The maximum atomic E-state index is 12.4. The van der Waals surface area contributed by atoms with E-state index in [2.05, 4.69) is 0 Å². The first-order chi connectivity index (χ1) is 8.65. The fraction of sp³-hybridized carbons (Fsp3) is 0.0714. The lowest BCUT2D eigenvalue weighted by atomic mass is 10.0. The molecule has 0 radical (unpaired) electrons. The number of methoxy groups -OCH3 is 1. The molecule has 0 saturated heterocycles. The summed E-state index contributed by atoms with van der Waals surface area (Å²) in [6, 6.07) is 12.1. The molecule has 0 aromatic heterocycles. The zero-order valence-corrected chi connectivity index (χ0v) is 10.6. The Labute approximate surface area is 110 Å². The summed E-state index contributed by atoms with van der Waals surface area (Å²) in [6.45, 7) is 0. The minimum atomic E-state index is -0.204. The van der Waals surface area contributed by atoms with Crippen LogP contribution in [0.1, 0.15) is 15.9 Å². The lowest BCUT2D eigenvalue weighted by Gasteiger charge is -2.11. The summed E-state index contributed by atoms with van der Waals surface area (Å²) in [7, 11) is 1.49. The van der Waals surface area contributed by atoms with Gasteiger partial charge < -0.3 is 10.5 Å². The topological polar surface area (TPSA) is 52.3 Å². The number of carbonyl (C=O) groups excluding carboxylic acids is 1. The van der Waals surface area contributed by atoms with Crippen molar-refractivity contribution in [1.82, 2.24) is 0 Å². The molecule has 0 amide bonds. The van der Waals surface area contributed by atoms with Crippen molar-refractivity contribution in [2.75, 3.05) is 12.8 Å². The summed E-state index contributed by atoms with van der Waals surface area (Å²) < 4.78 is 5.16. The molecular formula is C14H12ClNO2. The average Bonchev–Trinajstić information content (AvgIpc) is 2.42. The Morgan fingerprint density at radius 2 is 1.83 bits per heavy atom. The first-order valence-corrected chi connectivity index (χ1v) is 5.74. The highest BCUT2D eigenvalue weighted by Crippen LogP contribution is 2.33. The van der Waals surface area contributed by atoms with Gasteiger partial charge in [0.2, 0.25) is 0 Å². The molecule has 18 heavy (non-hydrogen) atoms. The Balaban J connectivity index is 2.57. The minimum absolute atomic E-state index is 0.204. The van der Waals surface area contributed by atoms with E-state index in [0.29, 0.717) is 22.6 Å². The second-order valence-electron chi connectivity index (χ2n) is 3.74. The SMILES string of the molecule is COc1ccc(N)c(Cl)c1C(=O)c1ccccc1. The van der Waals surface area contributed by atoms with Crippen LogP contribution in [0.5, 0.6) is 5.75 Å². The van der Waals surface area contributed by atoms with E-state index in [4.69, 9.17) is 22.1 Å². The minimum Gasteiger partial charge on any atom is -0.496 e. The zero-order valence-electron chi connectivity index (χ0n) is 9.81. The van der Waals surface area contributed by atoms with Gasteiger partial charge in [-0.25, -0.2) is 0 Å². The Morgan fingerprint density at radius 1 is 1.17 bits per heavy atom. The Bertz CT molecular complexity index is 582. The van der Waals surface area contributed by atoms with Crippen molar-refractivity contribution < 1.29 is 9.53 Å². The van der Waals surface area contributed by atoms with Gasteiger partial charge in [-0.2, -0.15) is 0 Å². The van der Waals surface area contributed by atoms with Crippen molar-refractivity contribution in [3.63, 3.8) is 0 Å². The Hall–Kier alpha value is -2.00. The summed E-state index contributed by atoms with van der Waals surface area (Å²) in [6.07, 6.45) is 0. The van der Waals surface area contributed by atoms with Crippen molar-refractivity contribution in [3.05, 3.63) is 58.6 Å². The molecule has 2 N–H and O–H groups in total. The van der Waals surface area contributed by atoms with Crippen LogP contribution in [0, 0.1) is 0 Å². The van der Waals surface area contributed by atoms with E-state index < -0.39 is 0 Å². The molecule has 4 heteroatoms. The van der Waals surface area contributed by atoms with E-state index in [0.717, 1.165) is 0 Å². The molecule has 0 atom stereocenters. The summed E-state index contributed by atoms with van der Waals surface area (Å²) in [5.74, 6) is 0.216. The van der Waals surface area contributed by atoms with Crippen molar-refractivity contribution in [1.29, 1.82) is 0 Å². The molecule has 0 saturated carbocycles. The fourth-order valence-electron chi connectivity index (χ4n) is 1.69. The van der Waals surface area contributed by atoms with Crippen LogP contribution < -0.4 is 10.5 Å². The number of nitrogen functional groups attached to an aromatic ring is 1. The molecule has 0 aliphatic carbocycles. The highest BCUT2D eigenvalue weighted by molar-refractivity contribution is 6.37. The van der Waals surface area contributed by atoms with Crippen molar-refractivity contribution in [3.8, 4) is 5.75 Å². The molecule has 0 fully saturated rings. The first kappa shape index (κ1) is 12.5. The Kier molecular flexibility index (Phi) is 3.53. The fourth-order valence-corrected chi connectivity index (χ4v) is 1.93. The molecule has 2 aromatic carbocycles. The molecule has 0 aliphatic heterocycles. The van der Waals surface area contributed by atoms with Crippen LogP contribution in [0.4, 0.5) is 5.69 Å². The van der Waals surface area contributed by atoms with Crippen LogP contribution in [-0.4, -0.2) is 12.9 Å². The predicted octanol–water partition coefficient (Wildman–Crippen LogP) is 3.16. The standard InChI is InChI=1S/C14H12ClNO2/c1-18-11-8-7-10(16)13(15)12(11)14(17)9-5-3-2-4-6-9/h2-8H,16H2,1H3. The maximum absolute atomic E-state index is 12.4. The van der Waals surface area contributed by atoms with Crippen molar-refractivity contribution >= 4 is 23.1 Å². The normalized spacial score (nSPS) is 10.1. The largest absolute Gasteiger partial charge is 0.496 e. The van der Waals surface area contributed by atoms with E-state index in [1.54, 1.807) is 36.4 Å². The summed E-state index contributed by atoms with van der Waals surface area (Å²) in [5, 5.41) is 0.225. The number of rotatable bonds is 3. The number of carbonyl (C=O) groups is 1. The number of ether oxygens (including phenoxy) is 1. The van der Waals surface area contributed by atoms with Gasteiger partial charge in [-0.15, -0.1) is 0 Å². The van der Waals surface area contributed by atoms with Crippen molar-refractivity contribution in [2.24, 2.45) is 0 Å². The van der Waals surface area contributed by atoms with Crippen LogP contribution >= 0.6 is 11.6 Å². The maximum Gasteiger partial charge on any atom is 0.198 e. The smallest absolute Gasteiger partial charge is 0.198 e. The third kappa shape index (κ3) is 2.17. The zero-order chi connectivity index (χ0) is 13.1. The summed E-state index contributed by atoms with van der Waals surface area (Å²) >= 11 is 6.10. The van der Waals surface area contributed by atoms with Gasteiger partial charge in [0.1, 0.15) is 5.75 Å². The summed E-state index contributed by atoms with van der Waals surface area (Å²) in [4.78, 5) is 12.4. The number of ketones is 1. The number of halogens is 1. The van der Waals surface area contributed by atoms with Crippen molar-refractivity contribution in [2.45, 2.75) is 0 Å². The highest BCUT2D eigenvalue weighted by atomic mass is 35.5. The van der Waals surface area contributed by atoms with Gasteiger partial charge in [-0.3, -0.25) is 4.79 Å². The average molecular weight is 262 g/mol. The number of anilines is 1. The third-order valence-electron chi connectivity index (χ3n) is 2.62. The molecule has 0 heterocycles. The van der Waals surface area contributed by atoms with Gasteiger partial charge in [-0.05, 0) is 12.1 Å². The van der Waals surface area contributed by atoms with Crippen LogP contribution in [0.25, 0.3) is 0 Å². The molecule has 2 rings (SSSR count). The molecular weight excluding hydrogens is 250 g/mol. The summed E-state index contributed by atoms with van der Waals surface area (Å²) in [5.41, 5.74) is 6.92. The second kappa shape index (κ2) is 5.10. The lowest BCUT2D eigenvalue weighted by molar-refractivity contribution is 0.103. The van der Waals surface area contributed by atoms with Crippen LogP contribution in [-0.2, 0) is 0 Å². The molecule has 0 aliphatic rings. The molecule has 2 aromatic rings. The second-order valence-corrected chi connectivity index (χ2v) is 4.12. The highest BCUT2D eigenvalue weighted by Gasteiger charge is 2.19. The van der Waals surface area contributed by atoms with E-state index in [-0.39, 0.29) is 10.8 Å². The van der Waals surface area contributed by atoms with Gasteiger partial charge in [0.15, 0.2) is 5.78 Å². The number of hydrogen-bond donors (Lipinski definition) is 1. The van der Waals surface area contributed by atoms with Gasteiger partial charge in [0.25, 0.3) is 0 Å². The van der Waals surface area contributed by atoms with E-state index >= 15 is 0 Å². The van der Waals surface area contributed by atoms with Crippen LogP contribution in [0.3, 0.4) is 0 Å². The number of hydrogen-bond acceptors (Lipinski definition) is 3. The number of benzene rings is 2. The first-order valence-electron chi connectivity index (χ1n) is 5.37. The van der Waals surface area contributed by atoms with Gasteiger partial charge in [-0.1, -0.05) is 41.9 Å². The van der Waals surface area contributed by atoms with Gasteiger partial charge >= 0.3 is 0 Å². The molecule has 0 unspecified atom stereocenters. The lowest BCUT2D eigenvalue weighted by Crippen LogP contribution is -2.06. The third-order valence-corrected chi connectivity index (χ3v) is 3.02. The van der Waals surface area contributed by atoms with Gasteiger partial charge in [0.05, 0.1) is 23.4 Å². The quantitative estimate of drug-likeness (QED) is 0.682. The number of nitrogens with two attached hydrogens (primary N) is 1. The predicted molar refractivity (Wildman–Crippen MR) is 72.3 cm³/mol. The van der Waals surface area contributed by atoms with Crippen LogP contribution in [0.15, 0.2) is 42.5 Å². The van der Waals surface area contributed by atoms with E-state index in [1.165, 1.54) is 7.11 Å². The molecule has 0 spiro atoms. The molecule has 0 bridgehead atoms. The monoisotopic (exact) mass is 261 g/mol. The van der Waals surface area contributed by atoms with E-state index in [9.17, 15) is 4.79 Å². The van der Waals surface area contributed by atoms with Gasteiger partial charge in [0, 0.05) is 5.56 Å².